The standard InChI is InChI=1S/C52H51BN2/c1-34-14-11-12-21-45(34)55-48-30-41(52-31-36-26-38(32-52)39(27-36)33-52)29-47-49(48)53(44-20-13-17-37(50(44)55)23-22-35-15-7-5-8-16-35)43-25-24-40(51(2,3)4)28-46(43)54(47)42-18-9-6-10-19-42/h5-21,24-25,28-30,36,38-39H,22-23,26-27,31-33H2,1-4H3. The number of anilines is 6. The monoisotopic (exact) mass is 714 g/mol. The van der Waals surface area contributed by atoms with E-state index in [1.807, 2.05) is 0 Å². The average Bonchev–Trinajstić information content (AvgIpc) is 3.63. The van der Waals surface area contributed by atoms with Gasteiger partial charge in [0.15, 0.2) is 0 Å². The number of fused-ring (bicyclic) bond motifs is 4. The highest BCUT2D eigenvalue weighted by molar-refractivity contribution is 7.00. The van der Waals surface area contributed by atoms with Crippen LogP contribution in [-0.4, -0.2) is 6.71 Å². The summed E-state index contributed by atoms with van der Waals surface area (Å²) in [5, 5.41) is 0. The summed E-state index contributed by atoms with van der Waals surface area (Å²) in [6.45, 7) is 9.50. The molecule has 0 aromatic heterocycles. The number of hydrogen-bond acceptors (Lipinski definition) is 2. The van der Waals surface area contributed by atoms with Gasteiger partial charge in [-0.05, 0) is 161 Å². The van der Waals surface area contributed by atoms with Gasteiger partial charge in [-0.25, -0.2) is 0 Å². The van der Waals surface area contributed by atoms with Crippen molar-refractivity contribution in [2.24, 2.45) is 17.8 Å². The number of benzene rings is 6. The molecule has 12 rings (SSSR count). The third kappa shape index (κ3) is 5.14. The van der Waals surface area contributed by atoms with Gasteiger partial charge in [0.2, 0.25) is 0 Å². The van der Waals surface area contributed by atoms with Crippen LogP contribution >= 0.6 is 0 Å². The molecule has 0 N–H and O–H groups in total. The van der Waals surface area contributed by atoms with Gasteiger partial charge in [-0.1, -0.05) is 118 Å². The van der Waals surface area contributed by atoms with Gasteiger partial charge in [0.25, 0.3) is 6.71 Å². The third-order valence-corrected chi connectivity index (χ3v) is 14.5. The van der Waals surface area contributed by atoms with Gasteiger partial charge >= 0.3 is 0 Å². The summed E-state index contributed by atoms with van der Waals surface area (Å²) < 4.78 is 0. The number of rotatable bonds is 6. The van der Waals surface area contributed by atoms with Crippen LogP contribution in [0, 0.1) is 24.7 Å². The summed E-state index contributed by atoms with van der Waals surface area (Å²) in [5.74, 6) is 2.68. The minimum absolute atomic E-state index is 0.0301. The summed E-state index contributed by atoms with van der Waals surface area (Å²) in [4.78, 5) is 5.37. The van der Waals surface area contributed by atoms with Crippen molar-refractivity contribution in [3.63, 3.8) is 0 Å². The van der Waals surface area contributed by atoms with E-state index in [0.717, 1.165) is 30.6 Å². The van der Waals surface area contributed by atoms with Gasteiger partial charge in [0, 0.05) is 34.1 Å². The van der Waals surface area contributed by atoms with Crippen LogP contribution < -0.4 is 26.2 Å². The molecule has 2 unspecified atom stereocenters. The van der Waals surface area contributed by atoms with Crippen LogP contribution in [0.1, 0.15) is 80.7 Å². The Labute approximate surface area is 328 Å². The van der Waals surface area contributed by atoms with Crippen LogP contribution in [0.15, 0.2) is 133 Å². The maximum atomic E-state index is 2.72. The Bertz CT molecular complexity index is 2440. The van der Waals surface area contributed by atoms with Crippen molar-refractivity contribution < 1.29 is 0 Å². The Kier molecular flexibility index (Phi) is 7.42. The lowest BCUT2D eigenvalue weighted by molar-refractivity contribution is 0.229. The molecular formula is C52H51BN2. The second-order valence-corrected chi connectivity index (χ2v) is 18.8. The van der Waals surface area contributed by atoms with E-state index in [-0.39, 0.29) is 17.5 Å². The summed E-state index contributed by atoms with van der Waals surface area (Å²) in [6, 6.07) is 51.5. The molecule has 6 aromatic rings. The molecule has 3 heteroatoms. The molecule has 0 amide bonds. The molecular weight excluding hydrogens is 663 g/mol. The van der Waals surface area contributed by atoms with Crippen molar-refractivity contribution in [2.75, 3.05) is 9.80 Å². The fourth-order valence-electron chi connectivity index (χ4n) is 12.1. The Morgan fingerprint density at radius 3 is 2.02 bits per heavy atom. The first-order valence-electron chi connectivity index (χ1n) is 21.0. The van der Waals surface area contributed by atoms with Crippen LogP contribution in [0.2, 0.25) is 0 Å². The molecule has 272 valence electrons. The van der Waals surface area contributed by atoms with Gasteiger partial charge in [0.1, 0.15) is 0 Å². The second kappa shape index (κ2) is 12.2. The largest absolute Gasteiger partial charge is 0.311 e. The van der Waals surface area contributed by atoms with Crippen molar-refractivity contribution in [1.82, 2.24) is 0 Å². The van der Waals surface area contributed by atoms with Gasteiger partial charge < -0.3 is 9.80 Å². The van der Waals surface area contributed by atoms with Gasteiger partial charge in [-0.3, -0.25) is 0 Å². The Balaban J connectivity index is 1.22. The van der Waals surface area contributed by atoms with Gasteiger partial charge in [0.05, 0.1) is 0 Å². The summed E-state index contributed by atoms with van der Waals surface area (Å²) in [7, 11) is 0. The lowest BCUT2D eigenvalue weighted by Gasteiger charge is -2.47. The second-order valence-electron chi connectivity index (χ2n) is 18.8. The molecule has 4 aliphatic carbocycles. The first kappa shape index (κ1) is 33.3. The fourth-order valence-corrected chi connectivity index (χ4v) is 12.1. The third-order valence-electron chi connectivity index (χ3n) is 14.5. The molecule has 0 saturated heterocycles. The number of aryl methyl sites for hydroxylation is 3. The van der Waals surface area contributed by atoms with E-state index < -0.39 is 0 Å². The molecule has 0 spiro atoms. The predicted octanol–water partition coefficient (Wildman–Crippen LogP) is 11.2. The van der Waals surface area contributed by atoms with E-state index in [0.29, 0.717) is 0 Å². The molecule has 55 heavy (non-hydrogen) atoms. The molecule has 4 fully saturated rings. The zero-order valence-electron chi connectivity index (χ0n) is 32.9. The van der Waals surface area contributed by atoms with Crippen LogP contribution in [0.5, 0.6) is 0 Å². The highest BCUT2D eigenvalue weighted by Crippen LogP contribution is 2.65. The van der Waals surface area contributed by atoms with E-state index in [2.05, 4.69) is 171 Å². The number of nitrogens with zero attached hydrogens (tertiary/aromatic N) is 2. The van der Waals surface area contributed by atoms with E-state index in [9.17, 15) is 0 Å². The fraction of sp³-hybridized carbons (Fsp3) is 0.308. The molecule has 0 radical (unpaired) electrons. The summed E-state index contributed by atoms with van der Waals surface area (Å²) in [5.41, 5.74) is 19.7. The minimum Gasteiger partial charge on any atom is -0.311 e. The Morgan fingerprint density at radius 2 is 1.31 bits per heavy atom. The first-order chi connectivity index (χ1) is 26.8. The van der Waals surface area contributed by atoms with Crippen molar-refractivity contribution in [1.29, 1.82) is 0 Å². The van der Waals surface area contributed by atoms with Crippen molar-refractivity contribution in [3.8, 4) is 0 Å². The molecule has 6 aromatic carbocycles. The topological polar surface area (TPSA) is 6.48 Å². The SMILES string of the molecule is Cc1ccccc1N1c2cc(C34CC5CC(C3)C(C5)C4)cc3c2B(c2ccc(C(C)(C)C)cc2N3c2ccccc2)c2cccc(CCc3ccccc3)c21. The number of para-hydroxylation sites is 3. The van der Waals surface area contributed by atoms with Gasteiger partial charge in [-0.2, -0.15) is 0 Å². The first-order valence-corrected chi connectivity index (χ1v) is 21.0. The molecule has 2 heterocycles. The van der Waals surface area contributed by atoms with E-state index in [1.54, 1.807) is 5.56 Å². The minimum atomic E-state index is 0.0301. The van der Waals surface area contributed by atoms with E-state index in [4.69, 9.17) is 0 Å². The Hall–Kier alpha value is -5.02. The van der Waals surface area contributed by atoms with Crippen molar-refractivity contribution in [2.45, 2.75) is 83.5 Å². The lowest BCUT2D eigenvalue weighted by Crippen LogP contribution is -2.61. The van der Waals surface area contributed by atoms with Crippen LogP contribution in [0.4, 0.5) is 34.1 Å². The molecule has 2 atom stereocenters. The van der Waals surface area contributed by atoms with Crippen LogP contribution in [-0.2, 0) is 23.7 Å². The molecule has 4 saturated carbocycles. The summed E-state index contributed by atoms with van der Waals surface area (Å²) in [6.07, 6.45) is 8.98. The Morgan fingerprint density at radius 1 is 0.618 bits per heavy atom. The van der Waals surface area contributed by atoms with Crippen molar-refractivity contribution >= 4 is 57.2 Å². The quantitative estimate of drug-likeness (QED) is 0.158. The highest BCUT2D eigenvalue weighted by atomic mass is 15.2. The zero-order valence-corrected chi connectivity index (χ0v) is 32.9. The van der Waals surface area contributed by atoms with Crippen LogP contribution in [0.25, 0.3) is 0 Å². The van der Waals surface area contributed by atoms with Crippen molar-refractivity contribution in [3.05, 3.63) is 161 Å². The van der Waals surface area contributed by atoms with E-state index >= 15 is 0 Å². The molecule has 4 bridgehead atoms. The highest BCUT2D eigenvalue weighted by Gasteiger charge is 2.57. The molecule has 6 aliphatic rings. The predicted molar refractivity (Wildman–Crippen MR) is 233 cm³/mol. The number of hydrogen-bond donors (Lipinski definition) is 0. The maximum absolute atomic E-state index is 2.72. The maximum Gasteiger partial charge on any atom is 0.252 e. The van der Waals surface area contributed by atoms with E-state index in [1.165, 1.54) is 105 Å². The normalized spacial score (nSPS) is 22.8. The average molecular weight is 715 g/mol. The molecule has 2 aliphatic heterocycles. The van der Waals surface area contributed by atoms with Gasteiger partial charge in [-0.15, -0.1) is 0 Å². The smallest absolute Gasteiger partial charge is 0.252 e. The zero-order chi connectivity index (χ0) is 37.1. The molecule has 2 nitrogen and oxygen atoms in total. The lowest BCUT2D eigenvalue weighted by atomic mass is 9.33. The van der Waals surface area contributed by atoms with Crippen LogP contribution in [0.3, 0.4) is 0 Å². The summed E-state index contributed by atoms with van der Waals surface area (Å²) >= 11 is 0.